The van der Waals surface area contributed by atoms with Crippen LogP contribution < -0.4 is 10.5 Å². The maximum absolute atomic E-state index is 11.7. The van der Waals surface area contributed by atoms with E-state index in [0.717, 1.165) is 15.2 Å². The van der Waals surface area contributed by atoms with Crippen LogP contribution in [0.5, 0.6) is 5.75 Å². The first-order valence-corrected chi connectivity index (χ1v) is 7.65. The second-order valence-corrected chi connectivity index (χ2v) is 6.67. The molecule has 1 heterocycles. The highest BCUT2D eigenvalue weighted by atomic mass is 79.9. The maximum atomic E-state index is 11.7. The van der Waals surface area contributed by atoms with Gasteiger partial charge in [0.15, 0.2) is 11.5 Å². The Labute approximate surface area is 130 Å². The quantitative estimate of drug-likeness (QED) is 0.668. The lowest BCUT2D eigenvalue weighted by molar-refractivity contribution is 0.101. The highest BCUT2D eigenvalue weighted by Crippen LogP contribution is 2.32. The fourth-order valence-electron chi connectivity index (χ4n) is 1.77. The van der Waals surface area contributed by atoms with E-state index in [4.69, 9.17) is 10.5 Å². The predicted molar refractivity (Wildman–Crippen MR) is 84.5 cm³/mol. The molecule has 2 aromatic rings. The number of hydrogen-bond acceptors (Lipinski definition) is 5. The molecule has 4 nitrogen and oxygen atoms in total. The molecule has 20 heavy (non-hydrogen) atoms. The summed E-state index contributed by atoms with van der Waals surface area (Å²) in [5.74, 6) is 0.339. The third-order valence-electron chi connectivity index (χ3n) is 2.87. The highest BCUT2D eigenvalue weighted by Gasteiger charge is 2.14. The summed E-state index contributed by atoms with van der Waals surface area (Å²) < 4.78 is 6.48. The van der Waals surface area contributed by atoms with Crippen molar-refractivity contribution in [1.82, 2.24) is 4.98 Å². The van der Waals surface area contributed by atoms with Crippen molar-refractivity contribution in [1.29, 1.82) is 0 Å². The Morgan fingerprint density at radius 1 is 1.45 bits per heavy atom. The van der Waals surface area contributed by atoms with E-state index in [1.54, 1.807) is 23.5 Å². The average molecular weight is 355 g/mol. The molecule has 0 amide bonds. The summed E-state index contributed by atoms with van der Waals surface area (Å²) in [6.45, 7) is 5.78. The summed E-state index contributed by atoms with van der Waals surface area (Å²) in [6, 6.07) is 3.44. The van der Waals surface area contributed by atoms with E-state index in [9.17, 15) is 4.79 Å². The molecule has 0 aliphatic rings. The molecule has 0 radical (unpaired) electrons. The largest absolute Gasteiger partial charge is 0.483 e. The Kier molecular flexibility index (Phi) is 4.45. The minimum atomic E-state index is -0.0838. The number of nitrogens with two attached hydrogens (primary N) is 1. The van der Waals surface area contributed by atoms with Crippen LogP contribution in [0, 0.1) is 13.8 Å². The Balaban J connectivity index is 2.27. The fourth-order valence-corrected chi connectivity index (χ4v) is 3.09. The van der Waals surface area contributed by atoms with Crippen molar-refractivity contribution in [3.8, 4) is 5.75 Å². The van der Waals surface area contributed by atoms with Gasteiger partial charge in [-0.1, -0.05) is 15.9 Å². The van der Waals surface area contributed by atoms with Gasteiger partial charge in [-0.15, -0.1) is 11.3 Å². The number of carbonyl (C=O) groups excluding carboxylic acids is 1. The van der Waals surface area contributed by atoms with Crippen LogP contribution in [0.1, 0.15) is 32.9 Å². The molecule has 0 atom stereocenters. The van der Waals surface area contributed by atoms with E-state index >= 15 is 0 Å². The van der Waals surface area contributed by atoms with Crippen molar-refractivity contribution in [3.05, 3.63) is 37.7 Å². The molecule has 6 heteroatoms. The summed E-state index contributed by atoms with van der Waals surface area (Å²) >= 11 is 4.91. The normalized spacial score (nSPS) is 10.6. The number of benzene rings is 1. The first kappa shape index (κ1) is 15.0. The number of carbonyl (C=O) groups is 1. The van der Waals surface area contributed by atoms with E-state index in [0.29, 0.717) is 23.6 Å². The summed E-state index contributed by atoms with van der Waals surface area (Å²) in [5, 5.41) is 0.872. The SMILES string of the molecule is CC(=O)c1cc(Br)cc(N)c1OCc1nc(C)c(C)s1. The van der Waals surface area contributed by atoms with Gasteiger partial charge in [-0.2, -0.15) is 0 Å². The van der Waals surface area contributed by atoms with Crippen LogP contribution in [0.15, 0.2) is 16.6 Å². The Bertz CT molecular complexity index is 648. The van der Waals surface area contributed by atoms with Gasteiger partial charge in [0.05, 0.1) is 16.9 Å². The van der Waals surface area contributed by atoms with Gasteiger partial charge < -0.3 is 10.5 Å². The molecule has 0 saturated heterocycles. The smallest absolute Gasteiger partial charge is 0.163 e. The molecule has 1 aromatic heterocycles. The predicted octanol–water partition coefficient (Wildman–Crippen LogP) is 3.89. The van der Waals surface area contributed by atoms with Crippen molar-refractivity contribution in [2.24, 2.45) is 0 Å². The molecule has 2 rings (SSSR count). The van der Waals surface area contributed by atoms with Gasteiger partial charge in [0.2, 0.25) is 0 Å². The number of aryl methyl sites for hydroxylation is 2. The van der Waals surface area contributed by atoms with Crippen molar-refractivity contribution >= 4 is 38.7 Å². The van der Waals surface area contributed by atoms with Crippen molar-refractivity contribution in [2.45, 2.75) is 27.4 Å². The molecule has 0 aliphatic heterocycles. The van der Waals surface area contributed by atoms with Crippen LogP contribution in [0.25, 0.3) is 0 Å². The van der Waals surface area contributed by atoms with Gasteiger partial charge in [-0.05, 0) is 32.9 Å². The minimum absolute atomic E-state index is 0.0838. The number of nitrogen functional groups attached to an aromatic ring is 1. The zero-order valence-corrected chi connectivity index (χ0v) is 13.9. The number of aromatic nitrogens is 1. The molecule has 0 unspecified atom stereocenters. The van der Waals surface area contributed by atoms with Crippen LogP contribution in [0.4, 0.5) is 5.69 Å². The Morgan fingerprint density at radius 3 is 2.70 bits per heavy atom. The zero-order valence-electron chi connectivity index (χ0n) is 11.5. The molecule has 106 valence electrons. The maximum Gasteiger partial charge on any atom is 0.163 e. The van der Waals surface area contributed by atoms with E-state index in [1.165, 1.54) is 11.8 Å². The van der Waals surface area contributed by atoms with Crippen molar-refractivity contribution in [2.75, 3.05) is 5.73 Å². The number of rotatable bonds is 4. The van der Waals surface area contributed by atoms with E-state index in [2.05, 4.69) is 20.9 Å². The van der Waals surface area contributed by atoms with E-state index in [1.807, 2.05) is 13.8 Å². The van der Waals surface area contributed by atoms with E-state index in [-0.39, 0.29) is 5.78 Å². The van der Waals surface area contributed by atoms with Gasteiger partial charge in [0, 0.05) is 9.35 Å². The minimum Gasteiger partial charge on any atom is -0.483 e. The molecule has 0 spiro atoms. The molecular weight excluding hydrogens is 340 g/mol. The Morgan fingerprint density at radius 2 is 2.15 bits per heavy atom. The van der Waals surface area contributed by atoms with Gasteiger partial charge in [-0.25, -0.2) is 4.98 Å². The number of nitrogens with zero attached hydrogens (tertiary/aromatic N) is 1. The lowest BCUT2D eigenvalue weighted by atomic mass is 10.1. The third kappa shape index (κ3) is 3.19. The lowest BCUT2D eigenvalue weighted by Crippen LogP contribution is -2.05. The molecule has 1 aromatic carbocycles. The number of ketones is 1. The first-order chi connectivity index (χ1) is 9.38. The summed E-state index contributed by atoms with van der Waals surface area (Å²) in [6.07, 6.45) is 0. The topological polar surface area (TPSA) is 65.2 Å². The number of hydrogen-bond donors (Lipinski definition) is 1. The zero-order chi connectivity index (χ0) is 14.9. The third-order valence-corrected chi connectivity index (χ3v) is 4.38. The highest BCUT2D eigenvalue weighted by molar-refractivity contribution is 9.10. The fraction of sp³-hybridized carbons (Fsp3) is 0.286. The van der Waals surface area contributed by atoms with Gasteiger partial charge in [0.25, 0.3) is 0 Å². The molecule has 0 saturated carbocycles. The number of ether oxygens (including phenoxy) is 1. The first-order valence-electron chi connectivity index (χ1n) is 6.04. The monoisotopic (exact) mass is 354 g/mol. The van der Waals surface area contributed by atoms with Crippen LogP contribution in [0.3, 0.4) is 0 Å². The van der Waals surface area contributed by atoms with Crippen LogP contribution in [-0.2, 0) is 6.61 Å². The summed E-state index contributed by atoms with van der Waals surface area (Å²) in [5.41, 5.74) is 7.85. The number of halogens is 1. The van der Waals surface area contributed by atoms with Crippen LogP contribution in [0.2, 0.25) is 0 Å². The van der Waals surface area contributed by atoms with Gasteiger partial charge >= 0.3 is 0 Å². The molecule has 0 fully saturated rings. The number of anilines is 1. The van der Waals surface area contributed by atoms with E-state index < -0.39 is 0 Å². The molecular formula is C14H15BrN2O2S. The average Bonchev–Trinajstić information content (AvgIpc) is 2.66. The number of thiazole rings is 1. The molecule has 0 aliphatic carbocycles. The second kappa shape index (κ2) is 5.93. The molecule has 2 N–H and O–H groups in total. The molecule has 0 bridgehead atoms. The standard InChI is InChI=1S/C14H15BrN2O2S/c1-7-9(3)20-13(17-7)6-19-14-11(8(2)18)4-10(15)5-12(14)16/h4-5H,6,16H2,1-3H3. The number of Topliss-reactive ketones (excluding diaryl/α,β-unsaturated/α-hetero) is 1. The van der Waals surface area contributed by atoms with Crippen LogP contribution >= 0.6 is 27.3 Å². The Hall–Kier alpha value is -1.40. The van der Waals surface area contributed by atoms with Crippen molar-refractivity contribution in [3.63, 3.8) is 0 Å². The van der Waals surface area contributed by atoms with Crippen LogP contribution in [-0.4, -0.2) is 10.8 Å². The van der Waals surface area contributed by atoms with Crippen molar-refractivity contribution < 1.29 is 9.53 Å². The van der Waals surface area contributed by atoms with Gasteiger partial charge in [0.1, 0.15) is 11.6 Å². The second-order valence-electron chi connectivity index (χ2n) is 4.47. The van der Waals surface area contributed by atoms with Gasteiger partial charge in [-0.3, -0.25) is 4.79 Å². The summed E-state index contributed by atoms with van der Waals surface area (Å²) in [7, 11) is 0. The lowest BCUT2D eigenvalue weighted by Gasteiger charge is -2.12. The summed E-state index contributed by atoms with van der Waals surface area (Å²) in [4.78, 5) is 17.2.